The summed E-state index contributed by atoms with van der Waals surface area (Å²) >= 11 is 6.16. The van der Waals surface area contributed by atoms with Crippen molar-refractivity contribution in [3.05, 3.63) is 58.4 Å². The number of nitrogens with one attached hydrogen (secondary N) is 1. The van der Waals surface area contributed by atoms with Crippen molar-refractivity contribution < 1.29 is 14.3 Å². The van der Waals surface area contributed by atoms with Gasteiger partial charge in [-0.25, -0.2) is 0 Å². The van der Waals surface area contributed by atoms with Gasteiger partial charge in [0.1, 0.15) is 5.75 Å². The van der Waals surface area contributed by atoms with Crippen LogP contribution in [-0.2, 0) is 0 Å². The van der Waals surface area contributed by atoms with E-state index in [0.717, 1.165) is 50.5 Å². The maximum atomic E-state index is 13.1. The third-order valence-corrected chi connectivity index (χ3v) is 7.14. The Hall–Kier alpha value is -2.60. The molecule has 0 aliphatic carbocycles. The van der Waals surface area contributed by atoms with E-state index in [-0.39, 0.29) is 17.2 Å². The van der Waals surface area contributed by atoms with E-state index in [1.165, 1.54) is 0 Å². The molecular formula is C26H32ClN3O3. The second-order valence-corrected chi connectivity index (χ2v) is 9.82. The van der Waals surface area contributed by atoms with Gasteiger partial charge in [0.2, 0.25) is 0 Å². The Morgan fingerprint density at radius 3 is 2.67 bits per heavy atom. The zero-order chi connectivity index (χ0) is 23.3. The molecule has 1 saturated heterocycles. The summed E-state index contributed by atoms with van der Waals surface area (Å²) in [4.78, 5) is 32.1. The average molecular weight is 470 g/mol. The van der Waals surface area contributed by atoms with Crippen LogP contribution in [0.1, 0.15) is 71.2 Å². The lowest BCUT2D eigenvalue weighted by Crippen LogP contribution is -2.48. The predicted molar refractivity (Wildman–Crippen MR) is 129 cm³/mol. The number of aryl methyl sites for hydroxylation is 1. The first kappa shape index (κ1) is 23.6. The number of pyridine rings is 1. The molecular weight excluding hydrogens is 438 g/mol. The lowest BCUT2D eigenvalue weighted by molar-refractivity contribution is 0.0535. The number of amides is 2. The topological polar surface area (TPSA) is 71.5 Å². The number of aromatic nitrogens is 1. The number of piperidine rings is 1. The smallest absolute Gasteiger partial charge is 0.255 e. The Labute approximate surface area is 200 Å². The Balaban J connectivity index is 1.47. The fraction of sp³-hybridized carbons (Fsp3) is 0.500. The molecule has 1 aromatic heterocycles. The molecule has 0 saturated carbocycles. The van der Waals surface area contributed by atoms with Crippen molar-refractivity contribution in [1.29, 1.82) is 0 Å². The Morgan fingerprint density at radius 1 is 1.09 bits per heavy atom. The highest BCUT2D eigenvalue weighted by molar-refractivity contribution is 6.31. The summed E-state index contributed by atoms with van der Waals surface area (Å²) in [5.74, 6) is 0.461. The summed E-state index contributed by atoms with van der Waals surface area (Å²) in [5, 5.41) is 3.67. The number of ether oxygens (including phenoxy) is 1. The van der Waals surface area contributed by atoms with E-state index in [1.54, 1.807) is 30.6 Å². The largest absolute Gasteiger partial charge is 0.493 e. The summed E-state index contributed by atoms with van der Waals surface area (Å²) in [6.45, 7) is 4.51. The molecule has 3 heterocycles. The minimum absolute atomic E-state index is 0.00898. The third kappa shape index (κ3) is 5.85. The summed E-state index contributed by atoms with van der Waals surface area (Å²) in [6.07, 6.45) is 10.5. The Bertz CT molecular complexity index is 1000. The van der Waals surface area contributed by atoms with Crippen LogP contribution in [0.25, 0.3) is 0 Å². The highest BCUT2D eigenvalue weighted by atomic mass is 35.5. The van der Waals surface area contributed by atoms with Gasteiger partial charge in [0.05, 0.1) is 17.7 Å². The third-order valence-electron chi connectivity index (χ3n) is 6.90. The van der Waals surface area contributed by atoms with Gasteiger partial charge in [-0.1, -0.05) is 30.9 Å². The van der Waals surface area contributed by atoms with E-state index >= 15 is 0 Å². The van der Waals surface area contributed by atoms with E-state index in [4.69, 9.17) is 16.3 Å². The van der Waals surface area contributed by atoms with E-state index in [9.17, 15) is 9.59 Å². The molecule has 176 valence electrons. The second-order valence-electron chi connectivity index (χ2n) is 9.38. The fourth-order valence-corrected chi connectivity index (χ4v) is 5.03. The molecule has 6 nitrogen and oxygen atoms in total. The van der Waals surface area contributed by atoms with E-state index in [2.05, 4.69) is 10.3 Å². The van der Waals surface area contributed by atoms with Gasteiger partial charge in [0, 0.05) is 37.1 Å². The van der Waals surface area contributed by atoms with E-state index in [0.29, 0.717) is 48.1 Å². The van der Waals surface area contributed by atoms with Gasteiger partial charge >= 0.3 is 0 Å². The summed E-state index contributed by atoms with van der Waals surface area (Å²) in [5.41, 5.74) is 2.10. The molecule has 7 heteroatoms. The molecule has 2 aliphatic rings. The maximum absolute atomic E-state index is 13.1. The molecule has 4 rings (SSSR count). The molecule has 1 N–H and O–H groups in total. The molecule has 0 bridgehead atoms. The zero-order valence-corrected chi connectivity index (χ0v) is 20.0. The molecule has 0 radical (unpaired) electrons. The van der Waals surface area contributed by atoms with Crippen LogP contribution in [0.5, 0.6) is 5.75 Å². The number of hydrogen-bond acceptors (Lipinski definition) is 4. The first-order valence-electron chi connectivity index (χ1n) is 11.9. The molecule has 1 spiro atoms. The summed E-state index contributed by atoms with van der Waals surface area (Å²) in [6, 6.07) is 7.10. The van der Waals surface area contributed by atoms with Crippen molar-refractivity contribution in [3.63, 3.8) is 0 Å². The van der Waals surface area contributed by atoms with Crippen LogP contribution in [0.2, 0.25) is 5.02 Å². The lowest BCUT2D eigenvalue weighted by Gasteiger charge is -2.42. The summed E-state index contributed by atoms with van der Waals surface area (Å²) in [7, 11) is 0. The zero-order valence-electron chi connectivity index (χ0n) is 19.2. The summed E-state index contributed by atoms with van der Waals surface area (Å²) < 4.78 is 5.89. The number of fused-ring (bicyclic) bond motifs is 1. The van der Waals surface area contributed by atoms with Gasteiger partial charge in [0.15, 0.2) is 0 Å². The van der Waals surface area contributed by atoms with Crippen molar-refractivity contribution >= 4 is 23.4 Å². The number of rotatable bonds is 1. The molecule has 1 fully saturated rings. The number of halogens is 1. The minimum atomic E-state index is -0.157. The standard InChI is InChI=1S/C26H32ClN3O3/c1-19-14-20(17-28-16-19)25(32)30-11-9-26(10-12-30)8-4-2-3-5-13-33-23-7-6-21(27)15-22(23)24(31)29-18-26/h6-7,14-17H,2-5,8-13,18H2,1H3,(H,29,31). The van der Waals surface area contributed by atoms with Crippen molar-refractivity contribution in [1.82, 2.24) is 15.2 Å². The fourth-order valence-electron chi connectivity index (χ4n) is 4.86. The number of hydrogen-bond donors (Lipinski definition) is 1. The van der Waals surface area contributed by atoms with Gasteiger partial charge in [0.25, 0.3) is 11.8 Å². The van der Waals surface area contributed by atoms with Gasteiger partial charge in [-0.3, -0.25) is 14.6 Å². The van der Waals surface area contributed by atoms with Crippen molar-refractivity contribution in [2.75, 3.05) is 26.2 Å². The van der Waals surface area contributed by atoms with E-state index < -0.39 is 0 Å². The van der Waals surface area contributed by atoms with Crippen LogP contribution in [-0.4, -0.2) is 47.9 Å². The number of carbonyl (C=O) groups is 2. The van der Waals surface area contributed by atoms with Crippen LogP contribution < -0.4 is 10.1 Å². The normalized spacial score (nSPS) is 19.3. The lowest BCUT2D eigenvalue weighted by atomic mass is 9.74. The highest BCUT2D eigenvalue weighted by Gasteiger charge is 2.36. The van der Waals surface area contributed by atoms with Crippen molar-refractivity contribution in [2.24, 2.45) is 5.41 Å². The monoisotopic (exact) mass is 469 g/mol. The van der Waals surface area contributed by atoms with Crippen LogP contribution in [0.3, 0.4) is 0 Å². The van der Waals surface area contributed by atoms with Crippen molar-refractivity contribution in [2.45, 2.75) is 51.9 Å². The molecule has 33 heavy (non-hydrogen) atoms. The van der Waals surface area contributed by atoms with Crippen LogP contribution in [0.15, 0.2) is 36.7 Å². The van der Waals surface area contributed by atoms with E-state index in [1.807, 2.05) is 17.9 Å². The number of carbonyl (C=O) groups excluding carboxylic acids is 2. The van der Waals surface area contributed by atoms with Gasteiger partial charge in [-0.2, -0.15) is 0 Å². The number of benzene rings is 1. The maximum Gasteiger partial charge on any atom is 0.255 e. The van der Waals surface area contributed by atoms with Gasteiger partial charge in [-0.05, 0) is 67.9 Å². The predicted octanol–water partition coefficient (Wildman–Crippen LogP) is 5.04. The average Bonchev–Trinajstić information content (AvgIpc) is 2.83. The molecule has 2 aliphatic heterocycles. The van der Waals surface area contributed by atoms with Crippen LogP contribution >= 0.6 is 11.6 Å². The van der Waals surface area contributed by atoms with Gasteiger partial charge in [-0.15, -0.1) is 0 Å². The minimum Gasteiger partial charge on any atom is -0.493 e. The first-order chi connectivity index (χ1) is 16.0. The molecule has 0 unspecified atom stereocenters. The molecule has 2 amide bonds. The Morgan fingerprint density at radius 2 is 1.88 bits per heavy atom. The van der Waals surface area contributed by atoms with Gasteiger partial charge < -0.3 is 15.0 Å². The molecule has 0 atom stereocenters. The second kappa shape index (κ2) is 10.6. The highest BCUT2D eigenvalue weighted by Crippen LogP contribution is 2.37. The molecule has 1 aromatic carbocycles. The SMILES string of the molecule is Cc1cncc(C(=O)N2CCC3(CCCCCCOc4ccc(Cl)cc4C(=O)NC3)CC2)c1. The quantitative estimate of drug-likeness (QED) is 0.635. The first-order valence-corrected chi connectivity index (χ1v) is 12.3. The number of likely N-dealkylation sites (tertiary alicyclic amines) is 1. The number of nitrogens with zero attached hydrogens (tertiary/aromatic N) is 2. The van der Waals surface area contributed by atoms with Crippen LogP contribution in [0, 0.1) is 12.3 Å². The van der Waals surface area contributed by atoms with Crippen LogP contribution in [0.4, 0.5) is 0 Å². The molecule has 2 aromatic rings. The van der Waals surface area contributed by atoms with Crippen molar-refractivity contribution in [3.8, 4) is 5.75 Å². The Kier molecular flexibility index (Phi) is 7.53.